The van der Waals surface area contributed by atoms with E-state index >= 15 is 0 Å². The molecule has 3 nitrogen and oxygen atoms in total. The van der Waals surface area contributed by atoms with Crippen LogP contribution in [-0.4, -0.2) is 14.1 Å². The van der Waals surface area contributed by atoms with Crippen molar-refractivity contribution in [2.24, 2.45) is 0 Å². The third-order valence-electron chi connectivity index (χ3n) is 4.33. The lowest BCUT2D eigenvalue weighted by Crippen LogP contribution is -2.10. The second kappa shape index (κ2) is 6.20. The highest BCUT2D eigenvalue weighted by atomic mass is 15.1. The average Bonchev–Trinajstić information content (AvgIpc) is 3.31. The Hall–Kier alpha value is -3.07. The maximum atomic E-state index is 4.23. The van der Waals surface area contributed by atoms with Crippen LogP contribution >= 0.6 is 0 Å². The van der Waals surface area contributed by atoms with Crippen LogP contribution in [0.4, 0.5) is 0 Å². The Morgan fingerprint density at radius 3 is 2.00 bits per heavy atom. The summed E-state index contributed by atoms with van der Waals surface area (Å²) in [5.41, 5.74) is 4.93. The van der Waals surface area contributed by atoms with Gasteiger partial charge in [0.1, 0.15) is 0 Å². The second-order valence-electron chi connectivity index (χ2n) is 6.00. The van der Waals surface area contributed by atoms with Crippen LogP contribution in [-0.2, 0) is 0 Å². The summed E-state index contributed by atoms with van der Waals surface area (Å²) in [4.78, 5) is 4.23. The summed E-state index contributed by atoms with van der Waals surface area (Å²) in [6.45, 7) is 2.11. The Kier molecular flexibility index (Phi) is 3.75. The van der Waals surface area contributed by atoms with Crippen LogP contribution in [0.2, 0.25) is 0 Å². The molecule has 0 aliphatic heterocycles. The summed E-state index contributed by atoms with van der Waals surface area (Å²) in [5.74, 6) is 0. The summed E-state index contributed by atoms with van der Waals surface area (Å²) in [7, 11) is 0. The van der Waals surface area contributed by atoms with Crippen LogP contribution in [0.1, 0.15) is 22.7 Å². The normalized spacial score (nSPS) is 12.2. The van der Waals surface area contributed by atoms with Crippen molar-refractivity contribution in [2.75, 3.05) is 0 Å². The largest absolute Gasteiger partial charge is 0.326 e. The van der Waals surface area contributed by atoms with E-state index in [1.165, 1.54) is 16.7 Å². The molecule has 118 valence electrons. The first kappa shape index (κ1) is 14.5. The molecule has 0 saturated carbocycles. The monoisotopic (exact) mass is 313 g/mol. The first-order chi connectivity index (χ1) is 11.8. The minimum atomic E-state index is 0.131. The molecule has 2 aromatic carbocycles. The van der Waals surface area contributed by atoms with Crippen molar-refractivity contribution >= 4 is 0 Å². The fraction of sp³-hybridized carbons (Fsp3) is 0.0952. The zero-order chi connectivity index (χ0) is 16.4. The van der Waals surface area contributed by atoms with Gasteiger partial charge in [0.15, 0.2) is 0 Å². The third kappa shape index (κ3) is 2.76. The summed E-state index contributed by atoms with van der Waals surface area (Å²) in [6, 6.07) is 21.6. The molecule has 2 heterocycles. The molecule has 0 aliphatic carbocycles. The molecule has 1 atom stereocenters. The summed E-state index contributed by atoms with van der Waals surface area (Å²) >= 11 is 0. The first-order valence-electron chi connectivity index (χ1n) is 8.08. The van der Waals surface area contributed by atoms with E-state index in [0.29, 0.717) is 0 Å². The molecule has 0 amide bonds. The number of hydrogen-bond acceptors (Lipinski definition) is 1. The molecule has 0 N–H and O–H groups in total. The van der Waals surface area contributed by atoms with Crippen LogP contribution in [0.15, 0.2) is 91.8 Å². The molecule has 3 heteroatoms. The van der Waals surface area contributed by atoms with Crippen molar-refractivity contribution in [3.63, 3.8) is 0 Å². The highest BCUT2D eigenvalue weighted by molar-refractivity contribution is 5.40. The van der Waals surface area contributed by atoms with Crippen molar-refractivity contribution in [2.45, 2.75) is 13.0 Å². The lowest BCUT2D eigenvalue weighted by Gasteiger charge is -2.20. The zero-order valence-corrected chi connectivity index (χ0v) is 13.6. The van der Waals surface area contributed by atoms with Gasteiger partial charge in [0.25, 0.3) is 0 Å². The Morgan fingerprint density at radius 1 is 0.792 bits per heavy atom. The van der Waals surface area contributed by atoms with E-state index in [-0.39, 0.29) is 6.04 Å². The molecule has 2 aromatic heterocycles. The average molecular weight is 313 g/mol. The molecule has 0 aliphatic rings. The fourth-order valence-electron chi connectivity index (χ4n) is 3.04. The zero-order valence-electron chi connectivity index (χ0n) is 13.6. The quantitative estimate of drug-likeness (QED) is 0.539. The van der Waals surface area contributed by atoms with Gasteiger partial charge in [-0.05, 0) is 42.3 Å². The number of aromatic nitrogens is 3. The standard InChI is InChI=1S/C21H19N3/c1-17-4-6-18(7-5-17)21(24-15-12-22-16-24)19-8-10-20(11-9-19)23-13-2-3-14-23/h2-16,21H,1H3. The molecule has 0 saturated heterocycles. The molecule has 0 fully saturated rings. The number of hydrogen-bond donors (Lipinski definition) is 0. The summed E-state index contributed by atoms with van der Waals surface area (Å²) < 4.78 is 4.26. The van der Waals surface area contributed by atoms with E-state index in [0.717, 1.165) is 5.69 Å². The van der Waals surface area contributed by atoms with Gasteiger partial charge in [0.2, 0.25) is 0 Å². The van der Waals surface area contributed by atoms with Gasteiger partial charge in [-0.2, -0.15) is 0 Å². The Balaban J connectivity index is 1.75. The molecule has 0 radical (unpaired) electrons. The van der Waals surface area contributed by atoms with Gasteiger partial charge in [-0.1, -0.05) is 42.0 Å². The maximum absolute atomic E-state index is 4.23. The van der Waals surface area contributed by atoms with Gasteiger partial charge >= 0.3 is 0 Å². The molecule has 1 unspecified atom stereocenters. The van der Waals surface area contributed by atoms with E-state index in [1.807, 2.05) is 30.9 Å². The maximum Gasteiger partial charge on any atom is 0.0954 e. The predicted octanol–water partition coefficient (Wildman–Crippen LogP) is 4.62. The minimum Gasteiger partial charge on any atom is -0.326 e. The van der Waals surface area contributed by atoms with E-state index in [4.69, 9.17) is 0 Å². The number of rotatable bonds is 4. The minimum absolute atomic E-state index is 0.131. The highest BCUT2D eigenvalue weighted by Crippen LogP contribution is 2.27. The lowest BCUT2D eigenvalue weighted by atomic mass is 9.97. The summed E-state index contributed by atoms with van der Waals surface area (Å²) in [6.07, 6.45) is 9.84. The molecule has 4 rings (SSSR count). The van der Waals surface area contributed by atoms with E-state index in [1.54, 1.807) is 0 Å². The number of imidazole rings is 1. The van der Waals surface area contributed by atoms with Crippen molar-refractivity contribution in [3.05, 3.63) is 108 Å². The van der Waals surface area contributed by atoms with E-state index in [9.17, 15) is 0 Å². The van der Waals surface area contributed by atoms with Gasteiger partial charge < -0.3 is 9.13 Å². The lowest BCUT2D eigenvalue weighted by molar-refractivity contribution is 0.676. The van der Waals surface area contributed by atoms with E-state index in [2.05, 4.69) is 82.0 Å². The van der Waals surface area contributed by atoms with Gasteiger partial charge in [-0.25, -0.2) is 4.98 Å². The van der Waals surface area contributed by atoms with Gasteiger partial charge in [0, 0.05) is 30.5 Å². The molecule has 4 aromatic rings. The Labute approximate surface area is 141 Å². The van der Waals surface area contributed by atoms with Gasteiger partial charge in [0.05, 0.1) is 12.4 Å². The topological polar surface area (TPSA) is 22.8 Å². The molecule has 0 spiro atoms. The third-order valence-corrected chi connectivity index (χ3v) is 4.33. The van der Waals surface area contributed by atoms with Crippen LogP contribution in [0, 0.1) is 6.92 Å². The van der Waals surface area contributed by atoms with Crippen molar-refractivity contribution in [3.8, 4) is 5.69 Å². The summed E-state index contributed by atoms with van der Waals surface area (Å²) in [5, 5.41) is 0. The van der Waals surface area contributed by atoms with Crippen molar-refractivity contribution in [1.82, 2.24) is 14.1 Å². The fourth-order valence-corrected chi connectivity index (χ4v) is 3.04. The number of benzene rings is 2. The highest BCUT2D eigenvalue weighted by Gasteiger charge is 2.15. The number of aryl methyl sites for hydroxylation is 1. The Morgan fingerprint density at radius 2 is 1.42 bits per heavy atom. The Bertz CT molecular complexity index is 887. The van der Waals surface area contributed by atoms with Crippen LogP contribution < -0.4 is 0 Å². The molecule has 0 bridgehead atoms. The second-order valence-corrected chi connectivity index (χ2v) is 6.00. The van der Waals surface area contributed by atoms with Crippen molar-refractivity contribution < 1.29 is 0 Å². The molecular formula is C21H19N3. The molecule has 24 heavy (non-hydrogen) atoms. The first-order valence-corrected chi connectivity index (χ1v) is 8.08. The van der Waals surface area contributed by atoms with Crippen molar-refractivity contribution in [1.29, 1.82) is 0 Å². The SMILES string of the molecule is Cc1ccc(C(c2ccc(-n3cccc3)cc2)n2ccnc2)cc1. The smallest absolute Gasteiger partial charge is 0.0954 e. The van der Waals surface area contributed by atoms with Crippen LogP contribution in [0.3, 0.4) is 0 Å². The predicted molar refractivity (Wildman–Crippen MR) is 96.4 cm³/mol. The van der Waals surface area contributed by atoms with Crippen LogP contribution in [0.25, 0.3) is 5.69 Å². The number of nitrogens with zero attached hydrogens (tertiary/aromatic N) is 3. The molecular weight excluding hydrogens is 294 g/mol. The van der Waals surface area contributed by atoms with Crippen LogP contribution in [0.5, 0.6) is 0 Å². The van der Waals surface area contributed by atoms with Gasteiger partial charge in [-0.3, -0.25) is 0 Å². The van der Waals surface area contributed by atoms with E-state index < -0.39 is 0 Å². The van der Waals surface area contributed by atoms with Gasteiger partial charge in [-0.15, -0.1) is 0 Å².